The summed E-state index contributed by atoms with van der Waals surface area (Å²) in [5.74, 6) is 1.46. The van der Waals surface area contributed by atoms with Crippen molar-refractivity contribution < 1.29 is 14.3 Å². The Balaban J connectivity index is 1.56. The number of halogens is 1. The number of nitrogens with zero attached hydrogens (tertiary/aromatic N) is 1. The summed E-state index contributed by atoms with van der Waals surface area (Å²) >= 11 is 7.07. The maximum atomic E-state index is 11.6. The number of carbonyl (C=O) groups excluding carboxylic acids is 2. The molecule has 7 heteroatoms. The maximum Gasteiger partial charge on any atom is 0.281 e. The van der Waals surface area contributed by atoms with Crippen LogP contribution in [0.1, 0.15) is 6.42 Å². The van der Waals surface area contributed by atoms with Crippen LogP contribution in [0.3, 0.4) is 0 Å². The highest BCUT2D eigenvalue weighted by atomic mass is 35.5. The molecular weight excluding hydrogens is 312 g/mol. The van der Waals surface area contributed by atoms with Crippen LogP contribution in [0.4, 0.5) is 4.79 Å². The number of thioether (sulfide) groups is 1. The van der Waals surface area contributed by atoms with Gasteiger partial charge in [0, 0.05) is 30.3 Å². The van der Waals surface area contributed by atoms with Gasteiger partial charge >= 0.3 is 0 Å². The van der Waals surface area contributed by atoms with E-state index < -0.39 is 0 Å². The molecule has 5 nitrogen and oxygen atoms in total. The number of hydrogen-bond donors (Lipinski definition) is 1. The molecule has 1 aromatic rings. The third kappa shape index (κ3) is 5.47. The Morgan fingerprint density at radius 2 is 2.14 bits per heavy atom. The number of ether oxygens (including phenoxy) is 1. The Labute approximate surface area is 133 Å². The fourth-order valence-electron chi connectivity index (χ4n) is 1.84. The second-order valence-electron chi connectivity index (χ2n) is 4.50. The molecule has 21 heavy (non-hydrogen) atoms. The quantitative estimate of drug-likeness (QED) is 0.781. The lowest BCUT2D eigenvalue weighted by molar-refractivity contribution is -0.121. The van der Waals surface area contributed by atoms with Crippen molar-refractivity contribution >= 4 is 34.5 Å². The molecule has 1 aromatic carbocycles. The van der Waals surface area contributed by atoms with E-state index in [1.54, 1.807) is 29.2 Å². The van der Waals surface area contributed by atoms with E-state index in [0.29, 0.717) is 36.9 Å². The molecule has 0 radical (unpaired) electrons. The number of carbonyl (C=O) groups is 2. The summed E-state index contributed by atoms with van der Waals surface area (Å²) in [4.78, 5) is 24.7. The standard InChI is InChI=1S/C14H17ClN2O3S/c15-11-1-3-12(4-2-11)20-9-6-16-13(18)5-7-17-8-10-21-14(17)19/h1-4H,5-10H2,(H,16,18). The third-order valence-electron chi connectivity index (χ3n) is 2.96. The van der Waals surface area contributed by atoms with E-state index in [1.165, 1.54) is 11.8 Å². The molecule has 0 aliphatic carbocycles. The predicted molar refractivity (Wildman–Crippen MR) is 84.0 cm³/mol. The SMILES string of the molecule is O=C(CCN1CCSC1=O)NCCOc1ccc(Cl)cc1. The summed E-state index contributed by atoms with van der Waals surface area (Å²) in [7, 11) is 0. The number of benzene rings is 1. The van der Waals surface area contributed by atoms with Crippen molar-refractivity contribution in [3.63, 3.8) is 0 Å². The van der Waals surface area contributed by atoms with E-state index in [0.717, 1.165) is 12.3 Å². The molecule has 0 atom stereocenters. The van der Waals surface area contributed by atoms with Crippen LogP contribution in [0.15, 0.2) is 24.3 Å². The first-order valence-corrected chi connectivity index (χ1v) is 8.08. The third-order valence-corrected chi connectivity index (χ3v) is 4.10. The van der Waals surface area contributed by atoms with Gasteiger partial charge in [-0.2, -0.15) is 0 Å². The first-order chi connectivity index (χ1) is 10.1. The second-order valence-corrected chi connectivity index (χ2v) is 5.99. The second kappa shape index (κ2) is 8.14. The highest BCUT2D eigenvalue weighted by Gasteiger charge is 2.21. The van der Waals surface area contributed by atoms with Crippen LogP contribution in [0.5, 0.6) is 5.75 Å². The molecule has 0 aromatic heterocycles. The molecule has 1 saturated heterocycles. The highest BCUT2D eigenvalue weighted by Crippen LogP contribution is 2.17. The lowest BCUT2D eigenvalue weighted by Gasteiger charge is -2.14. The Morgan fingerprint density at radius 3 is 2.81 bits per heavy atom. The monoisotopic (exact) mass is 328 g/mol. The van der Waals surface area contributed by atoms with Gasteiger partial charge in [-0.25, -0.2) is 0 Å². The summed E-state index contributed by atoms with van der Waals surface area (Å²) < 4.78 is 5.47. The minimum Gasteiger partial charge on any atom is -0.492 e. The zero-order valence-electron chi connectivity index (χ0n) is 11.5. The van der Waals surface area contributed by atoms with Gasteiger partial charge in [-0.15, -0.1) is 0 Å². The molecule has 1 heterocycles. The van der Waals surface area contributed by atoms with Gasteiger partial charge in [-0.3, -0.25) is 9.59 Å². The van der Waals surface area contributed by atoms with Crippen molar-refractivity contribution in [3.05, 3.63) is 29.3 Å². The van der Waals surface area contributed by atoms with Gasteiger partial charge in [0.1, 0.15) is 12.4 Å². The van der Waals surface area contributed by atoms with E-state index in [1.807, 2.05) is 0 Å². The lowest BCUT2D eigenvalue weighted by Crippen LogP contribution is -2.32. The molecule has 0 bridgehead atoms. The van der Waals surface area contributed by atoms with E-state index in [-0.39, 0.29) is 11.1 Å². The molecule has 0 saturated carbocycles. The Bertz CT molecular complexity index is 495. The van der Waals surface area contributed by atoms with Crippen LogP contribution in [-0.2, 0) is 4.79 Å². The van der Waals surface area contributed by atoms with Crippen LogP contribution in [0.25, 0.3) is 0 Å². The topological polar surface area (TPSA) is 58.6 Å². The summed E-state index contributed by atoms with van der Waals surface area (Å²) in [5.41, 5.74) is 0. The molecule has 0 unspecified atom stereocenters. The average Bonchev–Trinajstić information content (AvgIpc) is 2.89. The van der Waals surface area contributed by atoms with Gasteiger partial charge in [-0.05, 0) is 24.3 Å². The van der Waals surface area contributed by atoms with Crippen LogP contribution in [-0.4, -0.2) is 48.0 Å². The van der Waals surface area contributed by atoms with Crippen molar-refractivity contribution in [3.8, 4) is 5.75 Å². The summed E-state index contributed by atoms with van der Waals surface area (Å²) in [5, 5.41) is 3.49. The molecule has 1 fully saturated rings. The minimum absolute atomic E-state index is 0.0638. The zero-order valence-corrected chi connectivity index (χ0v) is 13.1. The van der Waals surface area contributed by atoms with Gasteiger partial charge in [0.2, 0.25) is 5.91 Å². The molecule has 1 N–H and O–H groups in total. The van der Waals surface area contributed by atoms with Crippen molar-refractivity contribution in [2.24, 2.45) is 0 Å². The van der Waals surface area contributed by atoms with Crippen LogP contribution >= 0.6 is 23.4 Å². The Morgan fingerprint density at radius 1 is 1.38 bits per heavy atom. The normalized spacial score (nSPS) is 14.3. The van der Waals surface area contributed by atoms with Gasteiger partial charge in [-0.1, -0.05) is 23.4 Å². The molecule has 1 aliphatic rings. The lowest BCUT2D eigenvalue weighted by atomic mass is 10.3. The van der Waals surface area contributed by atoms with Crippen LogP contribution < -0.4 is 10.1 Å². The minimum atomic E-state index is -0.0700. The molecule has 114 valence electrons. The first kappa shape index (κ1) is 16.0. The highest BCUT2D eigenvalue weighted by molar-refractivity contribution is 8.13. The summed E-state index contributed by atoms with van der Waals surface area (Å²) in [6.07, 6.45) is 0.327. The van der Waals surface area contributed by atoms with Crippen molar-refractivity contribution in [1.82, 2.24) is 10.2 Å². The fraction of sp³-hybridized carbons (Fsp3) is 0.429. The molecule has 2 rings (SSSR count). The molecular formula is C14H17ClN2O3S. The van der Waals surface area contributed by atoms with Crippen molar-refractivity contribution in [2.75, 3.05) is 32.0 Å². The van der Waals surface area contributed by atoms with Crippen LogP contribution in [0.2, 0.25) is 5.02 Å². The van der Waals surface area contributed by atoms with E-state index in [9.17, 15) is 9.59 Å². The largest absolute Gasteiger partial charge is 0.492 e. The number of rotatable bonds is 7. The van der Waals surface area contributed by atoms with Crippen LogP contribution in [0, 0.1) is 0 Å². The number of amides is 2. The van der Waals surface area contributed by atoms with E-state index >= 15 is 0 Å². The summed E-state index contributed by atoms with van der Waals surface area (Å²) in [6.45, 7) is 2.04. The zero-order chi connectivity index (χ0) is 15.1. The van der Waals surface area contributed by atoms with Gasteiger partial charge in [0.15, 0.2) is 0 Å². The number of hydrogen-bond acceptors (Lipinski definition) is 4. The Kier molecular flexibility index (Phi) is 6.20. The van der Waals surface area contributed by atoms with Crippen molar-refractivity contribution in [2.45, 2.75) is 6.42 Å². The first-order valence-electron chi connectivity index (χ1n) is 6.72. The predicted octanol–water partition coefficient (Wildman–Crippen LogP) is 2.39. The van der Waals surface area contributed by atoms with E-state index in [4.69, 9.17) is 16.3 Å². The molecule has 1 aliphatic heterocycles. The average molecular weight is 329 g/mol. The van der Waals surface area contributed by atoms with Gasteiger partial charge in [0.25, 0.3) is 5.24 Å². The van der Waals surface area contributed by atoms with Gasteiger partial charge < -0.3 is 15.0 Å². The molecule has 0 spiro atoms. The van der Waals surface area contributed by atoms with Gasteiger partial charge in [0.05, 0.1) is 6.54 Å². The fourth-order valence-corrected chi connectivity index (χ4v) is 2.82. The summed E-state index contributed by atoms with van der Waals surface area (Å²) in [6, 6.07) is 7.06. The molecule has 2 amide bonds. The van der Waals surface area contributed by atoms with E-state index in [2.05, 4.69) is 5.32 Å². The number of nitrogens with one attached hydrogen (secondary N) is 1. The van der Waals surface area contributed by atoms with Crippen molar-refractivity contribution in [1.29, 1.82) is 0 Å². The maximum absolute atomic E-state index is 11.6. The smallest absolute Gasteiger partial charge is 0.281 e. The Hall–Kier alpha value is -1.40.